The van der Waals surface area contributed by atoms with Crippen LogP contribution in [0.5, 0.6) is 0 Å². The van der Waals surface area contributed by atoms with Crippen molar-refractivity contribution in [2.75, 3.05) is 0 Å². The van der Waals surface area contributed by atoms with Crippen LogP contribution in [-0.2, 0) is 14.3 Å². The molecule has 0 aromatic carbocycles. The lowest BCUT2D eigenvalue weighted by molar-refractivity contribution is -0.164. The predicted molar refractivity (Wildman–Crippen MR) is 64.4 cm³/mol. The Kier molecular flexibility index (Phi) is 5.61. The van der Waals surface area contributed by atoms with E-state index in [4.69, 9.17) is 15.6 Å². The van der Waals surface area contributed by atoms with Gasteiger partial charge in [0.2, 0.25) is 0 Å². The summed E-state index contributed by atoms with van der Waals surface area (Å²) in [6, 6.07) is -1.22. The van der Waals surface area contributed by atoms with Gasteiger partial charge in [0.1, 0.15) is 11.6 Å². The van der Waals surface area contributed by atoms with Crippen LogP contribution in [0.2, 0.25) is 0 Å². The van der Waals surface area contributed by atoms with Gasteiger partial charge in [0.05, 0.1) is 5.92 Å². The second-order valence-corrected chi connectivity index (χ2v) is 5.63. The molecule has 0 spiro atoms. The normalized spacial score (nSPS) is 15.5. The van der Waals surface area contributed by atoms with Crippen LogP contribution >= 0.6 is 0 Å². The topological polar surface area (TPSA) is 89.6 Å². The maximum atomic E-state index is 11.9. The van der Waals surface area contributed by atoms with Gasteiger partial charge in [-0.15, -0.1) is 0 Å². The van der Waals surface area contributed by atoms with E-state index in [2.05, 4.69) is 0 Å². The molecule has 5 heteroatoms. The number of hydrogen-bond donors (Lipinski definition) is 2. The van der Waals surface area contributed by atoms with E-state index in [9.17, 15) is 9.59 Å². The summed E-state index contributed by atoms with van der Waals surface area (Å²) in [7, 11) is 0. The molecule has 17 heavy (non-hydrogen) atoms. The van der Waals surface area contributed by atoms with Crippen molar-refractivity contribution in [1.82, 2.24) is 0 Å². The molecule has 0 rings (SSSR count). The summed E-state index contributed by atoms with van der Waals surface area (Å²) in [4.78, 5) is 22.7. The van der Waals surface area contributed by atoms with Crippen molar-refractivity contribution in [3.63, 3.8) is 0 Å². The van der Waals surface area contributed by atoms with E-state index < -0.39 is 29.5 Å². The molecule has 0 fully saturated rings. The van der Waals surface area contributed by atoms with Gasteiger partial charge in [0, 0.05) is 0 Å². The monoisotopic (exact) mass is 245 g/mol. The fraction of sp³-hybridized carbons (Fsp3) is 0.833. The zero-order valence-electron chi connectivity index (χ0n) is 11.2. The average molecular weight is 245 g/mol. The third kappa shape index (κ3) is 6.26. The summed E-state index contributed by atoms with van der Waals surface area (Å²) in [5.41, 5.74) is 4.89. The Bertz CT molecular complexity index is 281. The van der Waals surface area contributed by atoms with Gasteiger partial charge in [-0.25, -0.2) is 0 Å². The number of carbonyl (C=O) groups is 2. The first-order chi connectivity index (χ1) is 7.54. The molecule has 0 aromatic heterocycles. The number of carboxylic acids is 1. The first-order valence-corrected chi connectivity index (χ1v) is 5.76. The molecule has 0 saturated carbocycles. The molecule has 5 nitrogen and oxygen atoms in total. The van der Waals surface area contributed by atoms with Gasteiger partial charge in [-0.2, -0.15) is 0 Å². The van der Waals surface area contributed by atoms with Crippen LogP contribution in [0, 0.1) is 11.8 Å². The average Bonchev–Trinajstić information content (AvgIpc) is 2.09. The lowest BCUT2D eigenvalue weighted by Gasteiger charge is -2.26. The molecule has 0 aliphatic heterocycles. The van der Waals surface area contributed by atoms with Gasteiger partial charge in [0.15, 0.2) is 0 Å². The molecular weight excluding hydrogens is 222 g/mol. The van der Waals surface area contributed by atoms with E-state index in [1.54, 1.807) is 20.8 Å². The minimum absolute atomic E-state index is 0.179. The van der Waals surface area contributed by atoms with Crippen LogP contribution < -0.4 is 5.73 Å². The Hall–Kier alpha value is -1.10. The number of carbonyl (C=O) groups excluding carboxylic acids is 1. The van der Waals surface area contributed by atoms with E-state index in [1.165, 1.54) is 0 Å². The standard InChI is InChI=1S/C12H23NO4/c1-7(2)6-8(9(13)10(14)15)11(16)17-12(3,4)5/h7-9H,6,13H2,1-5H3,(H,14,15). The SMILES string of the molecule is CC(C)CC(C(=O)OC(C)(C)C)C(N)C(=O)O. The van der Waals surface area contributed by atoms with Crippen molar-refractivity contribution in [2.45, 2.75) is 52.7 Å². The summed E-state index contributed by atoms with van der Waals surface area (Å²) in [5, 5.41) is 8.88. The number of nitrogens with two attached hydrogens (primary N) is 1. The quantitative estimate of drug-likeness (QED) is 0.715. The Morgan fingerprint density at radius 3 is 2.06 bits per heavy atom. The molecular formula is C12H23NO4. The molecule has 0 heterocycles. The Morgan fingerprint density at radius 2 is 1.76 bits per heavy atom. The minimum Gasteiger partial charge on any atom is -0.480 e. The molecule has 0 aromatic rings. The first-order valence-electron chi connectivity index (χ1n) is 5.76. The highest BCUT2D eigenvalue weighted by Gasteiger charge is 2.34. The number of ether oxygens (including phenoxy) is 1. The van der Waals surface area contributed by atoms with Crippen LogP contribution in [0.15, 0.2) is 0 Å². The molecule has 0 aliphatic carbocycles. The fourth-order valence-electron chi connectivity index (χ4n) is 1.45. The Balaban J connectivity index is 4.80. The first kappa shape index (κ1) is 15.9. The predicted octanol–water partition coefficient (Wildman–Crippen LogP) is 1.40. The highest BCUT2D eigenvalue weighted by molar-refractivity contribution is 5.83. The second-order valence-electron chi connectivity index (χ2n) is 5.63. The van der Waals surface area contributed by atoms with Gasteiger partial charge in [-0.1, -0.05) is 13.8 Å². The maximum Gasteiger partial charge on any atom is 0.321 e. The zero-order valence-corrected chi connectivity index (χ0v) is 11.2. The van der Waals surface area contributed by atoms with Crippen molar-refractivity contribution in [2.24, 2.45) is 17.6 Å². The minimum atomic E-state index is -1.22. The molecule has 0 saturated heterocycles. The van der Waals surface area contributed by atoms with Crippen molar-refractivity contribution < 1.29 is 19.4 Å². The van der Waals surface area contributed by atoms with Gasteiger partial charge in [-0.05, 0) is 33.1 Å². The number of aliphatic carboxylic acids is 1. The van der Waals surface area contributed by atoms with Crippen molar-refractivity contribution in [1.29, 1.82) is 0 Å². The number of rotatable bonds is 5. The lowest BCUT2D eigenvalue weighted by atomic mass is 9.90. The van der Waals surface area contributed by atoms with E-state index in [1.807, 2.05) is 13.8 Å². The van der Waals surface area contributed by atoms with Gasteiger partial charge < -0.3 is 15.6 Å². The van der Waals surface area contributed by atoms with E-state index in [0.717, 1.165) is 0 Å². The summed E-state index contributed by atoms with van der Waals surface area (Å²) in [5.74, 6) is -2.34. The lowest BCUT2D eigenvalue weighted by Crippen LogP contribution is -2.44. The molecule has 0 amide bonds. The Labute approximate surface area is 102 Å². The van der Waals surface area contributed by atoms with E-state index >= 15 is 0 Å². The molecule has 0 bridgehead atoms. The van der Waals surface area contributed by atoms with Crippen LogP contribution in [0.4, 0.5) is 0 Å². The van der Waals surface area contributed by atoms with Crippen LogP contribution in [-0.4, -0.2) is 28.7 Å². The van der Waals surface area contributed by atoms with Gasteiger partial charge >= 0.3 is 11.9 Å². The second kappa shape index (κ2) is 6.00. The van der Waals surface area contributed by atoms with Crippen molar-refractivity contribution in [3.05, 3.63) is 0 Å². The summed E-state index contributed by atoms with van der Waals surface area (Å²) in [6.07, 6.45) is 0.405. The van der Waals surface area contributed by atoms with Crippen LogP contribution in [0.1, 0.15) is 41.0 Å². The van der Waals surface area contributed by atoms with Gasteiger partial charge in [0.25, 0.3) is 0 Å². The summed E-state index contributed by atoms with van der Waals surface area (Å²) < 4.78 is 5.19. The highest BCUT2D eigenvalue weighted by Crippen LogP contribution is 2.20. The number of carboxylic acid groups (broad SMARTS) is 1. The smallest absolute Gasteiger partial charge is 0.321 e. The number of esters is 1. The highest BCUT2D eigenvalue weighted by atomic mass is 16.6. The van der Waals surface area contributed by atoms with Crippen molar-refractivity contribution >= 4 is 11.9 Å². The van der Waals surface area contributed by atoms with Gasteiger partial charge in [-0.3, -0.25) is 9.59 Å². The maximum absolute atomic E-state index is 11.9. The third-order valence-electron chi connectivity index (χ3n) is 2.15. The number of hydrogen-bond acceptors (Lipinski definition) is 4. The third-order valence-corrected chi connectivity index (χ3v) is 2.15. The molecule has 0 aliphatic rings. The van der Waals surface area contributed by atoms with E-state index in [0.29, 0.717) is 6.42 Å². The Morgan fingerprint density at radius 1 is 1.29 bits per heavy atom. The fourth-order valence-corrected chi connectivity index (χ4v) is 1.45. The summed E-state index contributed by atoms with van der Waals surface area (Å²) >= 11 is 0. The largest absolute Gasteiger partial charge is 0.480 e. The molecule has 3 N–H and O–H groups in total. The van der Waals surface area contributed by atoms with Crippen molar-refractivity contribution in [3.8, 4) is 0 Å². The zero-order chi connectivity index (χ0) is 13.8. The summed E-state index contributed by atoms with van der Waals surface area (Å²) in [6.45, 7) is 9.04. The molecule has 2 atom stereocenters. The molecule has 2 unspecified atom stereocenters. The molecule has 100 valence electrons. The van der Waals surface area contributed by atoms with Crippen LogP contribution in [0.3, 0.4) is 0 Å². The molecule has 0 radical (unpaired) electrons. The van der Waals surface area contributed by atoms with E-state index in [-0.39, 0.29) is 5.92 Å². The van der Waals surface area contributed by atoms with Crippen LogP contribution in [0.25, 0.3) is 0 Å².